The van der Waals surface area contributed by atoms with Crippen molar-refractivity contribution >= 4 is 39.9 Å². The van der Waals surface area contributed by atoms with Crippen LogP contribution in [-0.2, 0) is 0 Å². The van der Waals surface area contributed by atoms with Gasteiger partial charge < -0.3 is 5.32 Å². The van der Waals surface area contributed by atoms with Crippen molar-refractivity contribution in [3.63, 3.8) is 0 Å². The Morgan fingerprint density at radius 3 is 2.89 bits per heavy atom. The van der Waals surface area contributed by atoms with Crippen LogP contribution in [-0.4, -0.2) is 12.5 Å². The van der Waals surface area contributed by atoms with Crippen LogP contribution < -0.4 is 5.32 Å². The fourth-order valence-electron chi connectivity index (χ4n) is 2.34. The zero-order valence-electron chi connectivity index (χ0n) is 9.86. The molecule has 2 rings (SSSR count). The van der Waals surface area contributed by atoms with Crippen LogP contribution in [0.4, 0.5) is 14.5 Å². The molecular formula is C13H15ClF2IN. The Hall–Kier alpha value is -0.100. The lowest BCUT2D eigenvalue weighted by atomic mass is 9.86. The molecule has 0 aromatic heterocycles. The fraction of sp³-hybridized carbons (Fsp3) is 0.538. The molecule has 0 amide bonds. The van der Waals surface area contributed by atoms with Gasteiger partial charge in [-0.1, -0.05) is 11.6 Å². The number of anilines is 1. The van der Waals surface area contributed by atoms with Crippen LogP contribution >= 0.6 is 34.2 Å². The average Bonchev–Trinajstić information content (AvgIpc) is 2.26. The molecule has 1 atom stereocenters. The van der Waals surface area contributed by atoms with E-state index in [1.807, 2.05) is 18.2 Å². The molecule has 1 nitrogen and oxygen atoms in total. The molecule has 0 bridgehead atoms. The largest absolute Gasteiger partial charge is 0.384 e. The summed E-state index contributed by atoms with van der Waals surface area (Å²) in [5.74, 6) is -2.42. The van der Waals surface area contributed by atoms with E-state index in [0.717, 1.165) is 15.7 Å². The minimum absolute atomic E-state index is 0.00414. The summed E-state index contributed by atoms with van der Waals surface area (Å²) < 4.78 is 27.5. The van der Waals surface area contributed by atoms with Crippen molar-refractivity contribution < 1.29 is 8.78 Å². The van der Waals surface area contributed by atoms with Gasteiger partial charge in [0.05, 0.1) is 0 Å². The third kappa shape index (κ3) is 3.95. The van der Waals surface area contributed by atoms with Crippen LogP contribution in [0.25, 0.3) is 0 Å². The first-order chi connectivity index (χ1) is 8.46. The minimum Gasteiger partial charge on any atom is -0.384 e. The topological polar surface area (TPSA) is 12.0 Å². The summed E-state index contributed by atoms with van der Waals surface area (Å²) in [5.41, 5.74) is 0.967. The molecule has 0 aliphatic heterocycles. The first kappa shape index (κ1) is 14.3. The maximum Gasteiger partial charge on any atom is 0.248 e. The Labute approximate surface area is 124 Å². The zero-order chi connectivity index (χ0) is 13.2. The zero-order valence-corrected chi connectivity index (χ0v) is 12.8. The van der Waals surface area contributed by atoms with Gasteiger partial charge in [-0.2, -0.15) is 0 Å². The highest BCUT2D eigenvalue weighted by atomic mass is 127. The highest BCUT2D eigenvalue weighted by Crippen LogP contribution is 2.36. The van der Waals surface area contributed by atoms with E-state index >= 15 is 0 Å². The van der Waals surface area contributed by atoms with Gasteiger partial charge in [0.1, 0.15) is 0 Å². The molecular weight excluding hydrogens is 371 g/mol. The molecule has 1 aliphatic carbocycles. The molecule has 1 unspecified atom stereocenters. The monoisotopic (exact) mass is 385 g/mol. The van der Waals surface area contributed by atoms with Crippen molar-refractivity contribution in [3.8, 4) is 0 Å². The van der Waals surface area contributed by atoms with E-state index in [-0.39, 0.29) is 18.8 Å². The van der Waals surface area contributed by atoms with E-state index in [2.05, 4.69) is 27.9 Å². The summed E-state index contributed by atoms with van der Waals surface area (Å²) in [4.78, 5) is 0. The van der Waals surface area contributed by atoms with E-state index in [1.54, 1.807) is 0 Å². The third-order valence-corrected chi connectivity index (χ3v) is 4.38. The summed E-state index contributed by atoms with van der Waals surface area (Å²) in [6, 6.07) is 5.56. The van der Waals surface area contributed by atoms with Gasteiger partial charge in [0.25, 0.3) is 0 Å². The first-order valence-corrected chi connectivity index (χ1v) is 7.49. The lowest BCUT2D eigenvalue weighted by Crippen LogP contribution is -2.29. The summed E-state index contributed by atoms with van der Waals surface area (Å²) in [6.07, 6.45) is 1.55. The van der Waals surface area contributed by atoms with E-state index in [0.29, 0.717) is 18.0 Å². The van der Waals surface area contributed by atoms with E-state index in [4.69, 9.17) is 11.6 Å². The Morgan fingerprint density at radius 2 is 2.22 bits per heavy atom. The number of halogens is 4. The maximum atomic E-state index is 13.3. The molecule has 1 aromatic carbocycles. The molecule has 0 radical (unpaired) electrons. The van der Waals surface area contributed by atoms with Crippen LogP contribution in [0, 0.1) is 9.49 Å². The van der Waals surface area contributed by atoms with Crippen LogP contribution in [0.5, 0.6) is 0 Å². The van der Waals surface area contributed by atoms with Crippen molar-refractivity contribution in [3.05, 3.63) is 26.8 Å². The number of hydrogen-bond acceptors (Lipinski definition) is 1. The van der Waals surface area contributed by atoms with Gasteiger partial charge in [-0.3, -0.25) is 0 Å². The fourth-order valence-corrected chi connectivity index (χ4v) is 3.40. The van der Waals surface area contributed by atoms with Gasteiger partial charge in [-0.25, -0.2) is 8.78 Å². The van der Waals surface area contributed by atoms with Crippen molar-refractivity contribution in [2.24, 2.45) is 5.92 Å². The van der Waals surface area contributed by atoms with Gasteiger partial charge in [0.15, 0.2) is 0 Å². The van der Waals surface area contributed by atoms with Gasteiger partial charge in [0.2, 0.25) is 5.92 Å². The second-order valence-electron chi connectivity index (χ2n) is 4.82. The number of hydrogen-bond donors (Lipinski definition) is 1. The molecule has 1 N–H and O–H groups in total. The predicted molar refractivity (Wildman–Crippen MR) is 79.6 cm³/mol. The summed E-state index contributed by atoms with van der Waals surface area (Å²) >= 11 is 8.06. The van der Waals surface area contributed by atoms with Gasteiger partial charge in [-0.05, 0) is 59.5 Å². The number of nitrogens with one attached hydrogen (secondary N) is 1. The Kier molecular flexibility index (Phi) is 4.69. The Bertz CT molecular complexity index is 425. The summed E-state index contributed by atoms with van der Waals surface area (Å²) in [7, 11) is 0. The number of rotatable bonds is 3. The quantitative estimate of drug-likeness (QED) is 0.707. The van der Waals surface area contributed by atoms with Crippen LogP contribution in [0.2, 0.25) is 5.02 Å². The molecule has 5 heteroatoms. The van der Waals surface area contributed by atoms with Gasteiger partial charge in [0, 0.05) is 33.7 Å². The molecule has 1 aliphatic rings. The summed E-state index contributed by atoms with van der Waals surface area (Å²) in [5, 5.41) is 3.94. The van der Waals surface area contributed by atoms with Crippen molar-refractivity contribution in [2.45, 2.75) is 31.6 Å². The molecule has 1 aromatic rings. The second-order valence-corrected chi connectivity index (χ2v) is 6.42. The smallest absolute Gasteiger partial charge is 0.248 e. The van der Waals surface area contributed by atoms with E-state index in [9.17, 15) is 8.78 Å². The predicted octanol–water partition coefficient (Wildman–Crippen LogP) is 5.18. The standard InChI is InChI=1S/C13H15ClF2IN/c14-10-3-4-12(11(17)6-10)18-8-9-2-1-5-13(15,16)7-9/h3-4,6,9,18H,1-2,5,7-8H2. The molecule has 0 saturated heterocycles. The van der Waals surface area contributed by atoms with Crippen molar-refractivity contribution in [1.29, 1.82) is 0 Å². The Balaban J connectivity index is 1.91. The maximum absolute atomic E-state index is 13.3. The lowest BCUT2D eigenvalue weighted by molar-refractivity contribution is -0.0502. The Morgan fingerprint density at radius 1 is 1.44 bits per heavy atom. The van der Waals surface area contributed by atoms with Gasteiger partial charge >= 0.3 is 0 Å². The SMILES string of the molecule is FC1(F)CCCC(CNc2ccc(Cl)cc2I)C1. The molecule has 18 heavy (non-hydrogen) atoms. The molecule has 1 saturated carbocycles. The average molecular weight is 386 g/mol. The number of benzene rings is 1. The van der Waals surface area contributed by atoms with Crippen molar-refractivity contribution in [1.82, 2.24) is 0 Å². The normalized spacial score (nSPS) is 22.8. The molecule has 100 valence electrons. The van der Waals surface area contributed by atoms with Crippen molar-refractivity contribution in [2.75, 3.05) is 11.9 Å². The van der Waals surface area contributed by atoms with E-state index < -0.39 is 5.92 Å². The molecule has 0 heterocycles. The van der Waals surface area contributed by atoms with Crippen LogP contribution in [0.3, 0.4) is 0 Å². The second kappa shape index (κ2) is 5.90. The molecule has 0 spiro atoms. The van der Waals surface area contributed by atoms with Crippen LogP contribution in [0.1, 0.15) is 25.7 Å². The third-order valence-electron chi connectivity index (χ3n) is 3.25. The molecule has 1 fully saturated rings. The highest BCUT2D eigenvalue weighted by Gasteiger charge is 2.35. The summed E-state index contributed by atoms with van der Waals surface area (Å²) in [6.45, 7) is 0.604. The number of alkyl halides is 2. The van der Waals surface area contributed by atoms with E-state index in [1.165, 1.54) is 0 Å². The van der Waals surface area contributed by atoms with Gasteiger partial charge in [-0.15, -0.1) is 0 Å². The lowest BCUT2D eigenvalue weighted by Gasteiger charge is -2.29. The minimum atomic E-state index is -2.47. The first-order valence-electron chi connectivity index (χ1n) is 6.03. The highest BCUT2D eigenvalue weighted by molar-refractivity contribution is 14.1. The van der Waals surface area contributed by atoms with Crippen LogP contribution in [0.15, 0.2) is 18.2 Å².